The molecule has 0 aromatic heterocycles. The van der Waals surface area contributed by atoms with Crippen molar-refractivity contribution >= 4 is 21.9 Å². The lowest BCUT2D eigenvalue weighted by molar-refractivity contribution is -0.125. The molecule has 17 heavy (non-hydrogen) atoms. The highest BCUT2D eigenvalue weighted by molar-refractivity contribution is 9.10. The van der Waals surface area contributed by atoms with Crippen molar-refractivity contribution in [2.45, 2.75) is 12.7 Å². The van der Waals surface area contributed by atoms with Crippen LogP contribution in [0.3, 0.4) is 0 Å². The fraction of sp³-hybridized carbons (Fsp3) is 0.300. The summed E-state index contributed by atoms with van der Waals surface area (Å²) in [5, 5.41) is 10.9. The standard InChI is InChI=1S/C10H9BrF3NO2/c11-8-3-6(9(16)17)1-2-7(8)4-15-5-10(12,13)14/h1-3,15H,4-5H2,(H,16,17). The number of nitrogens with one attached hydrogen (secondary N) is 1. The van der Waals surface area contributed by atoms with Crippen molar-refractivity contribution in [1.82, 2.24) is 5.32 Å². The summed E-state index contributed by atoms with van der Waals surface area (Å²) in [4.78, 5) is 10.6. The molecule has 1 aromatic carbocycles. The number of carboxylic acids is 1. The fourth-order valence-electron chi connectivity index (χ4n) is 1.16. The van der Waals surface area contributed by atoms with E-state index in [4.69, 9.17) is 5.11 Å². The number of rotatable bonds is 4. The van der Waals surface area contributed by atoms with E-state index in [-0.39, 0.29) is 12.1 Å². The summed E-state index contributed by atoms with van der Waals surface area (Å²) >= 11 is 3.11. The van der Waals surface area contributed by atoms with Gasteiger partial charge >= 0.3 is 12.1 Å². The highest BCUT2D eigenvalue weighted by Crippen LogP contribution is 2.19. The SMILES string of the molecule is O=C(O)c1ccc(CNCC(F)(F)F)c(Br)c1. The predicted octanol–water partition coefficient (Wildman–Crippen LogP) is 2.80. The minimum atomic E-state index is -4.26. The Labute approximate surface area is 104 Å². The first-order valence-electron chi connectivity index (χ1n) is 4.59. The topological polar surface area (TPSA) is 49.3 Å². The molecule has 2 N–H and O–H groups in total. The van der Waals surface area contributed by atoms with Gasteiger partial charge in [-0.3, -0.25) is 0 Å². The second kappa shape index (κ2) is 5.50. The second-order valence-electron chi connectivity index (χ2n) is 3.33. The first kappa shape index (κ1) is 14.0. The van der Waals surface area contributed by atoms with Crippen LogP contribution in [0.5, 0.6) is 0 Å². The number of carbonyl (C=O) groups is 1. The number of hydrogen-bond acceptors (Lipinski definition) is 2. The van der Waals surface area contributed by atoms with E-state index in [0.29, 0.717) is 10.0 Å². The van der Waals surface area contributed by atoms with Crippen LogP contribution in [0, 0.1) is 0 Å². The van der Waals surface area contributed by atoms with E-state index in [0.717, 1.165) is 0 Å². The average Bonchev–Trinajstić information content (AvgIpc) is 2.18. The van der Waals surface area contributed by atoms with Crippen molar-refractivity contribution in [2.24, 2.45) is 0 Å². The van der Waals surface area contributed by atoms with E-state index in [1.807, 2.05) is 0 Å². The highest BCUT2D eigenvalue weighted by atomic mass is 79.9. The van der Waals surface area contributed by atoms with Gasteiger partial charge in [-0.25, -0.2) is 4.79 Å². The molecule has 0 radical (unpaired) electrons. The third-order valence-electron chi connectivity index (χ3n) is 1.94. The molecule has 0 fully saturated rings. The van der Waals surface area contributed by atoms with Crippen molar-refractivity contribution < 1.29 is 23.1 Å². The number of hydrogen-bond donors (Lipinski definition) is 2. The number of benzene rings is 1. The van der Waals surface area contributed by atoms with Gasteiger partial charge in [0, 0.05) is 11.0 Å². The maximum atomic E-state index is 11.9. The zero-order chi connectivity index (χ0) is 13.1. The Bertz CT molecular complexity index is 421. The summed E-state index contributed by atoms with van der Waals surface area (Å²) in [5.74, 6) is -1.08. The molecule has 94 valence electrons. The van der Waals surface area contributed by atoms with Gasteiger partial charge in [0.05, 0.1) is 12.1 Å². The predicted molar refractivity (Wildman–Crippen MR) is 58.9 cm³/mol. The molecule has 0 saturated carbocycles. The molecule has 1 rings (SSSR count). The van der Waals surface area contributed by atoms with Gasteiger partial charge in [-0.2, -0.15) is 13.2 Å². The van der Waals surface area contributed by atoms with Gasteiger partial charge in [0.25, 0.3) is 0 Å². The van der Waals surface area contributed by atoms with Gasteiger partial charge in [0.1, 0.15) is 0 Å². The normalized spacial score (nSPS) is 11.5. The van der Waals surface area contributed by atoms with Gasteiger partial charge in [-0.1, -0.05) is 22.0 Å². The van der Waals surface area contributed by atoms with Crippen molar-refractivity contribution in [2.75, 3.05) is 6.54 Å². The van der Waals surface area contributed by atoms with Crippen molar-refractivity contribution in [3.8, 4) is 0 Å². The molecule has 1 aromatic rings. The molecule has 3 nitrogen and oxygen atoms in total. The van der Waals surface area contributed by atoms with Crippen LogP contribution in [0.15, 0.2) is 22.7 Å². The molecule has 0 amide bonds. The van der Waals surface area contributed by atoms with Crippen molar-refractivity contribution in [3.05, 3.63) is 33.8 Å². The van der Waals surface area contributed by atoms with Crippen LogP contribution >= 0.6 is 15.9 Å². The Morgan fingerprint density at radius 3 is 2.53 bits per heavy atom. The molecule has 0 aliphatic carbocycles. The first-order chi connectivity index (χ1) is 7.79. The van der Waals surface area contributed by atoms with Gasteiger partial charge < -0.3 is 10.4 Å². The molecule has 0 aliphatic rings. The minimum absolute atomic E-state index is 0.0139. The van der Waals surface area contributed by atoms with Crippen molar-refractivity contribution in [1.29, 1.82) is 0 Å². The summed E-state index contributed by atoms with van der Waals surface area (Å²) in [7, 11) is 0. The first-order valence-corrected chi connectivity index (χ1v) is 5.38. The van der Waals surface area contributed by atoms with Crippen LogP contribution in [-0.2, 0) is 6.54 Å². The Morgan fingerprint density at radius 1 is 1.41 bits per heavy atom. The van der Waals surface area contributed by atoms with E-state index in [1.165, 1.54) is 18.2 Å². The molecule has 0 atom stereocenters. The molecule has 0 saturated heterocycles. The number of carboxylic acid groups (broad SMARTS) is 1. The largest absolute Gasteiger partial charge is 0.478 e. The Kier molecular flexibility index (Phi) is 4.53. The van der Waals surface area contributed by atoms with E-state index in [1.54, 1.807) is 0 Å². The lowest BCUT2D eigenvalue weighted by Gasteiger charge is -2.09. The zero-order valence-corrected chi connectivity index (χ0v) is 10.1. The Balaban J connectivity index is 2.64. The number of halogens is 4. The molecule has 0 unspecified atom stereocenters. The Morgan fingerprint density at radius 2 is 2.06 bits per heavy atom. The summed E-state index contributed by atoms with van der Waals surface area (Å²) < 4.78 is 36.1. The third-order valence-corrected chi connectivity index (χ3v) is 2.68. The smallest absolute Gasteiger partial charge is 0.401 e. The van der Waals surface area contributed by atoms with Crippen LogP contribution in [-0.4, -0.2) is 23.8 Å². The van der Waals surface area contributed by atoms with E-state index in [2.05, 4.69) is 21.2 Å². The molecule has 0 bridgehead atoms. The summed E-state index contributed by atoms with van der Waals surface area (Å²) in [6.07, 6.45) is -4.26. The molecule has 0 aliphatic heterocycles. The van der Waals surface area contributed by atoms with Gasteiger partial charge in [0.15, 0.2) is 0 Å². The van der Waals surface area contributed by atoms with Gasteiger partial charge in [-0.05, 0) is 17.7 Å². The number of aromatic carboxylic acids is 1. The van der Waals surface area contributed by atoms with Crippen LogP contribution < -0.4 is 5.32 Å². The maximum Gasteiger partial charge on any atom is 0.401 e. The van der Waals surface area contributed by atoms with E-state index < -0.39 is 18.7 Å². The Hall–Kier alpha value is -1.08. The lowest BCUT2D eigenvalue weighted by Crippen LogP contribution is -2.28. The lowest BCUT2D eigenvalue weighted by atomic mass is 10.1. The molecule has 0 spiro atoms. The molecule has 0 heterocycles. The highest BCUT2D eigenvalue weighted by Gasteiger charge is 2.26. The summed E-state index contributed by atoms with van der Waals surface area (Å²) in [5.41, 5.74) is 0.649. The molecular weight excluding hydrogens is 303 g/mol. The van der Waals surface area contributed by atoms with Crippen LogP contribution in [0.2, 0.25) is 0 Å². The van der Waals surface area contributed by atoms with Crippen LogP contribution in [0.1, 0.15) is 15.9 Å². The molecule has 7 heteroatoms. The quantitative estimate of drug-likeness (QED) is 0.899. The third kappa shape index (κ3) is 4.74. The fourth-order valence-corrected chi connectivity index (χ4v) is 1.68. The van der Waals surface area contributed by atoms with E-state index in [9.17, 15) is 18.0 Å². The maximum absolute atomic E-state index is 11.9. The van der Waals surface area contributed by atoms with Gasteiger partial charge in [0.2, 0.25) is 0 Å². The summed E-state index contributed by atoms with van der Waals surface area (Å²) in [6.45, 7) is -1.07. The van der Waals surface area contributed by atoms with Crippen LogP contribution in [0.25, 0.3) is 0 Å². The van der Waals surface area contributed by atoms with Gasteiger partial charge in [-0.15, -0.1) is 0 Å². The molecular formula is C10H9BrF3NO2. The summed E-state index contributed by atoms with van der Waals surface area (Å²) in [6, 6.07) is 4.17. The van der Waals surface area contributed by atoms with Crippen molar-refractivity contribution in [3.63, 3.8) is 0 Å². The zero-order valence-electron chi connectivity index (χ0n) is 8.51. The monoisotopic (exact) mass is 311 g/mol. The second-order valence-corrected chi connectivity index (χ2v) is 4.18. The average molecular weight is 312 g/mol. The number of alkyl halides is 3. The van der Waals surface area contributed by atoms with E-state index >= 15 is 0 Å². The minimum Gasteiger partial charge on any atom is -0.478 e. The van der Waals surface area contributed by atoms with Crippen LogP contribution in [0.4, 0.5) is 13.2 Å².